The third-order valence-electron chi connectivity index (χ3n) is 2.08. The van der Waals surface area contributed by atoms with Crippen molar-refractivity contribution in [3.05, 3.63) is 29.8 Å². The predicted molar refractivity (Wildman–Crippen MR) is 67.1 cm³/mol. The zero-order valence-electron chi connectivity index (χ0n) is 10.3. The smallest absolute Gasteiger partial charge is 0.250 e. The van der Waals surface area contributed by atoms with E-state index in [0.717, 1.165) is 0 Å². The third kappa shape index (κ3) is 5.43. The SMILES string of the molecule is CCOCCOCC(=O)Nc1cccc(C#N)c1. The molecular formula is C13H16N2O3. The molecule has 0 saturated heterocycles. The second kappa shape index (κ2) is 8.23. The number of anilines is 1. The van der Waals surface area contributed by atoms with Crippen molar-refractivity contribution < 1.29 is 14.3 Å². The van der Waals surface area contributed by atoms with Gasteiger partial charge in [0.25, 0.3) is 0 Å². The van der Waals surface area contributed by atoms with E-state index < -0.39 is 0 Å². The van der Waals surface area contributed by atoms with E-state index in [1.807, 2.05) is 13.0 Å². The summed E-state index contributed by atoms with van der Waals surface area (Å²) in [6, 6.07) is 8.73. The lowest BCUT2D eigenvalue weighted by Crippen LogP contribution is -2.19. The average Bonchev–Trinajstić information content (AvgIpc) is 2.38. The van der Waals surface area contributed by atoms with E-state index in [9.17, 15) is 4.79 Å². The highest BCUT2D eigenvalue weighted by atomic mass is 16.5. The molecule has 0 bridgehead atoms. The van der Waals surface area contributed by atoms with Gasteiger partial charge in [-0.3, -0.25) is 4.79 Å². The van der Waals surface area contributed by atoms with Crippen LogP contribution >= 0.6 is 0 Å². The Morgan fingerprint density at radius 3 is 2.89 bits per heavy atom. The van der Waals surface area contributed by atoms with E-state index in [1.165, 1.54) is 0 Å². The molecule has 0 spiro atoms. The Morgan fingerprint density at radius 1 is 1.39 bits per heavy atom. The van der Waals surface area contributed by atoms with E-state index in [0.29, 0.717) is 31.1 Å². The molecule has 1 aromatic carbocycles. The van der Waals surface area contributed by atoms with Crippen LogP contribution in [0.4, 0.5) is 5.69 Å². The average molecular weight is 248 g/mol. The van der Waals surface area contributed by atoms with Gasteiger partial charge in [-0.2, -0.15) is 5.26 Å². The van der Waals surface area contributed by atoms with Gasteiger partial charge in [-0.05, 0) is 25.1 Å². The minimum atomic E-state index is -0.249. The molecule has 1 rings (SSSR count). The van der Waals surface area contributed by atoms with Crippen molar-refractivity contribution in [2.24, 2.45) is 0 Å². The fourth-order valence-corrected chi connectivity index (χ4v) is 1.29. The molecule has 0 fully saturated rings. The first-order valence-electron chi connectivity index (χ1n) is 5.71. The molecule has 1 amide bonds. The maximum absolute atomic E-state index is 11.5. The second-order valence-corrected chi connectivity index (χ2v) is 3.49. The molecule has 0 heterocycles. The lowest BCUT2D eigenvalue weighted by Gasteiger charge is -2.06. The standard InChI is InChI=1S/C13H16N2O3/c1-2-17-6-7-18-10-13(16)15-12-5-3-4-11(8-12)9-14/h3-5,8H,2,6-7,10H2,1H3,(H,15,16). The number of amides is 1. The lowest BCUT2D eigenvalue weighted by atomic mass is 10.2. The Balaban J connectivity index is 2.29. The Labute approximate surface area is 106 Å². The predicted octanol–water partition coefficient (Wildman–Crippen LogP) is 1.55. The lowest BCUT2D eigenvalue weighted by molar-refractivity contribution is -0.121. The summed E-state index contributed by atoms with van der Waals surface area (Å²) in [4.78, 5) is 11.5. The first-order chi connectivity index (χ1) is 8.76. The summed E-state index contributed by atoms with van der Waals surface area (Å²) in [5, 5.41) is 11.4. The van der Waals surface area contributed by atoms with Crippen LogP contribution in [0.25, 0.3) is 0 Å². The van der Waals surface area contributed by atoms with Gasteiger partial charge in [-0.1, -0.05) is 6.07 Å². The number of benzene rings is 1. The van der Waals surface area contributed by atoms with Crippen LogP contribution in [0.1, 0.15) is 12.5 Å². The van der Waals surface area contributed by atoms with Crippen LogP contribution in [-0.2, 0) is 14.3 Å². The minimum absolute atomic E-state index is 0.0240. The van der Waals surface area contributed by atoms with Gasteiger partial charge >= 0.3 is 0 Å². The largest absolute Gasteiger partial charge is 0.379 e. The van der Waals surface area contributed by atoms with Crippen molar-refractivity contribution in [2.45, 2.75) is 6.92 Å². The van der Waals surface area contributed by atoms with Crippen molar-refractivity contribution in [1.82, 2.24) is 0 Å². The van der Waals surface area contributed by atoms with Gasteiger partial charge in [0.2, 0.25) is 5.91 Å². The summed E-state index contributed by atoms with van der Waals surface area (Å²) in [5.74, 6) is -0.249. The van der Waals surface area contributed by atoms with Crippen LogP contribution in [0.2, 0.25) is 0 Å². The van der Waals surface area contributed by atoms with Crippen LogP contribution in [0.15, 0.2) is 24.3 Å². The molecule has 5 heteroatoms. The summed E-state index contributed by atoms with van der Waals surface area (Å²) in [6.07, 6.45) is 0. The molecule has 0 unspecified atom stereocenters. The summed E-state index contributed by atoms with van der Waals surface area (Å²) in [5.41, 5.74) is 1.09. The summed E-state index contributed by atoms with van der Waals surface area (Å²) in [6.45, 7) is 3.38. The summed E-state index contributed by atoms with van der Waals surface area (Å²) in [7, 11) is 0. The molecule has 1 aromatic rings. The van der Waals surface area contributed by atoms with Gasteiger partial charge in [-0.25, -0.2) is 0 Å². The number of hydrogen-bond acceptors (Lipinski definition) is 4. The zero-order chi connectivity index (χ0) is 13.2. The fourth-order valence-electron chi connectivity index (χ4n) is 1.29. The van der Waals surface area contributed by atoms with E-state index in [4.69, 9.17) is 14.7 Å². The Bertz CT molecular complexity index is 426. The van der Waals surface area contributed by atoms with Gasteiger partial charge in [0, 0.05) is 12.3 Å². The van der Waals surface area contributed by atoms with E-state index in [1.54, 1.807) is 24.3 Å². The van der Waals surface area contributed by atoms with Crippen molar-refractivity contribution >= 4 is 11.6 Å². The molecule has 96 valence electrons. The Hall–Kier alpha value is -1.90. The van der Waals surface area contributed by atoms with Gasteiger partial charge in [0.05, 0.1) is 24.8 Å². The van der Waals surface area contributed by atoms with Crippen LogP contribution < -0.4 is 5.32 Å². The van der Waals surface area contributed by atoms with Crippen molar-refractivity contribution in [1.29, 1.82) is 5.26 Å². The van der Waals surface area contributed by atoms with Crippen LogP contribution in [0, 0.1) is 11.3 Å². The van der Waals surface area contributed by atoms with Gasteiger partial charge in [0.1, 0.15) is 6.61 Å². The Kier molecular flexibility index (Phi) is 6.47. The minimum Gasteiger partial charge on any atom is -0.379 e. The molecule has 0 radical (unpaired) electrons. The van der Waals surface area contributed by atoms with E-state index >= 15 is 0 Å². The monoisotopic (exact) mass is 248 g/mol. The van der Waals surface area contributed by atoms with Crippen molar-refractivity contribution in [3.63, 3.8) is 0 Å². The third-order valence-corrected chi connectivity index (χ3v) is 2.08. The molecule has 0 aliphatic heterocycles. The van der Waals surface area contributed by atoms with Gasteiger partial charge < -0.3 is 14.8 Å². The molecular weight excluding hydrogens is 232 g/mol. The number of carbonyl (C=O) groups excluding carboxylic acids is 1. The van der Waals surface area contributed by atoms with E-state index in [-0.39, 0.29) is 12.5 Å². The number of hydrogen-bond donors (Lipinski definition) is 1. The summed E-state index contributed by atoms with van der Waals surface area (Å²) >= 11 is 0. The second-order valence-electron chi connectivity index (χ2n) is 3.49. The zero-order valence-corrected chi connectivity index (χ0v) is 10.3. The first-order valence-corrected chi connectivity index (χ1v) is 5.71. The molecule has 0 atom stereocenters. The summed E-state index contributed by atoms with van der Waals surface area (Å²) < 4.78 is 10.2. The van der Waals surface area contributed by atoms with Crippen LogP contribution in [0.5, 0.6) is 0 Å². The molecule has 18 heavy (non-hydrogen) atoms. The van der Waals surface area contributed by atoms with Crippen LogP contribution in [0.3, 0.4) is 0 Å². The topological polar surface area (TPSA) is 71.3 Å². The molecule has 0 aliphatic carbocycles. The highest BCUT2D eigenvalue weighted by Crippen LogP contribution is 2.09. The highest BCUT2D eigenvalue weighted by Gasteiger charge is 2.02. The number of ether oxygens (including phenoxy) is 2. The van der Waals surface area contributed by atoms with E-state index in [2.05, 4.69) is 5.32 Å². The molecule has 0 aliphatic rings. The van der Waals surface area contributed by atoms with Crippen molar-refractivity contribution in [2.75, 3.05) is 31.7 Å². The van der Waals surface area contributed by atoms with Crippen molar-refractivity contribution in [3.8, 4) is 6.07 Å². The maximum atomic E-state index is 11.5. The molecule has 0 saturated carbocycles. The molecule has 1 N–H and O–H groups in total. The fraction of sp³-hybridized carbons (Fsp3) is 0.385. The van der Waals surface area contributed by atoms with Crippen LogP contribution in [-0.4, -0.2) is 32.3 Å². The normalized spacial score (nSPS) is 9.78. The highest BCUT2D eigenvalue weighted by molar-refractivity contribution is 5.91. The van der Waals surface area contributed by atoms with Gasteiger partial charge in [0.15, 0.2) is 0 Å². The number of carbonyl (C=O) groups is 1. The molecule has 5 nitrogen and oxygen atoms in total. The quantitative estimate of drug-likeness (QED) is 0.743. The first kappa shape index (κ1) is 14.2. The van der Waals surface area contributed by atoms with Gasteiger partial charge in [-0.15, -0.1) is 0 Å². The molecule has 0 aromatic heterocycles. The number of nitriles is 1. The maximum Gasteiger partial charge on any atom is 0.250 e. The number of nitrogens with zero attached hydrogens (tertiary/aromatic N) is 1. The number of nitrogens with one attached hydrogen (secondary N) is 1. The Morgan fingerprint density at radius 2 is 2.17 bits per heavy atom. The number of rotatable bonds is 7.